The summed E-state index contributed by atoms with van der Waals surface area (Å²) in [5.41, 5.74) is 6.80. The summed E-state index contributed by atoms with van der Waals surface area (Å²) in [5.74, 6) is -0.114. The number of rotatable bonds is 7. The molecule has 0 spiro atoms. The molecule has 0 atom stereocenters. The van der Waals surface area contributed by atoms with E-state index in [4.69, 9.17) is 10.8 Å². The van der Waals surface area contributed by atoms with Gasteiger partial charge in [0.2, 0.25) is 0 Å². The summed E-state index contributed by atoms with van der Waals surface area (Å²) in [6.07, 6.45) is 2.57. The van der Waals surface area contributed by atoms with E-state index in [9.17, 15) is 4.79 Å². The zero-order chi connectivity index (χ0) is 14.3. The van der Waals surface area contributed by atoms with Crippen molar-refractivity contribution < 1.29 is 9.90 Å². The number of aliphatic hydroxyl groups is 1. The summed E-state index contributed by atoms with van der Waals surface area (Å²) in [6, 6.07) is 6.94. The van der Waals surface area contributed by atoms with Crippen molar-refractivity contribution in [3.8, 4) is 0 Å². The van der Waals surface area contributed by atoms with Crippen LogP contribution in [0.5, 0.6) is 0 Å². The first-order chi connectivity index (χ1) is 9.06. The Morgan fingerprint density at radius 2 is 2.00 bits per heavy atom. The average Bonchev–Trinajstić information content (AvgIpc) is 2.43. The molecule has 114 valence electrons. The van der Waals surface area contributed by atoms with Crippen LogP contribution in [0.4, 0.5) is 5.69 Å². The van der Waals surface area contributed by atoms with Crippen LogP contribution in [0.15, 0.2) is 24.3 Å². The number of carbonyl (C=O) groups excluding carboxylic acids is 1. The monoisotopic (exact) mass is 300 g/mol. The molecule has 0 aliphatic carbocycles. The fourth-order valence-electron chi connectivity index (χ4n) is 2.23. The molecule has 0 radical (unpaired) electrons. The Kier molecular flexibility index (Phi) is 8.26. The summed E-state index contributed by atoms with van der Waals surface area (Å²) in [4.78, 5) is 12.1. The number of halogens is 1. The molecular formula is C15H25ClN2O2. The van der Waals surface area contributed by atoms with Crippen molar-refractivity contribution in [1.29, 1.82) is 0 Å². The molecule has 5 heteroatoms. The van der Waals surface area contributed by atoms with Crippen molar-refractivity contribution in [2.75, 3.05) is 18.9 Å². The van der Waals surface area contributed by atoms with E-state index in [-0.39, 0.29) is 30.3 Å². The number of hydrogen-bond donors (Lipinski definition) is 3. The van der Waals surface area contributed by atoms with Crippen LogP contribution in [0.1, 0.15) is 43.5 Å². The van der Waals surface area contributed by atoms with Gasteiger partial charge in [-0.3, -0.25) is 4.79 Å². The lowest BCUT2D eigenvalue weighted by Gasteiger charge is -2.31. The molecule has 0 unspecified atom stereocenters. The summed E-state index contributed by atoms with van der Waals surface area (Å²) >= 11 is 0. The second-order valence-electron chi connectivity index (χ2n) is 4.99. The van der Waals surface area contributed by atoms with E-state index < -0.39 is 0 Å². The highest BCUT2D eigenvalue weighted by molar-refractivity contribution is 5.95. The maximum atomic E-state index is 12.1. The first-order valence-electron chi connectivity index (χ1n) is 6.81. The largest absolute Gasteiger partial charge is 0.399 e. The average molecular weight is 301 g/mol. The maximum Gasteiger partial charge on any atom is 0.251 e. The summed E-state index contributed by atoms with van der Waals surface area (Å²) in [7, 11) is 0. The van der Waals surface area contributed by atoms with E-state index in [1.54, 1.807) is 24.3 Å². The molecule has 1 rings (SSSR count). The number of hydrogen-bond acceptors (Lipinski definition) is 3. The van der Waals surface area contributed by atoms with Gasteiger partial charge in [-0.15, -0.1) is 12.4 Å². The normalized spacial score (nSPS) is 10.8. The van der Waals surface area contributed by atoms with Gasteiger partial charge in [-0.25, -0.2) is 0 Å². The number of nitrogens with two attached hydrogens (primary N) is 1. The number of anilines is 1. The van der Waals surface area contributed by atoms with Gasteiger partial charge in [-0.2, -0.15) is 0 Å². The van der Waals surface area contributed by atoms with Crippen LogP contribution in [0.2, 0.25) is 0 Å². The smallest absolute Gasteiger partial charge is 0.251 e. The van der Waals surface area contributed by atoms with E-state index in [1.807, 2.05) is 0 Å². The lowest BCUT2D eigenvalue weighted by atomic mass is 9.79. The predicted octanol–water partition coefficient (Wildman–Crippen LogP) is 2.61. The van der Waals surface area contributed by atoms with Crippen LogP contribution in [-0.2, 0) is 0 Å². The number of carbonyl (C=O) groups is 1. The van der Waals surface area contributed by atoms with Crippen molar-refractivity contribution in [3.63, 3.8) is 0 Å². The molecule has 1 amide bonds. The summed E-state index contributed by atoms with van der Waals surface area (Å²) < 4.78 is 0. The minimum absolute atomic E-state index is 0. The third-order valence-electron chi connectivity index (χ3n) is 3.91. The van der Waals surface area contributed by atoms with E-state index in [2.05, 4.69) is 19.2 Å². The van der Waals surface area contributed by atoms with Crippen molar-refractivity contribution in [2.45, 2.75) is 33.1 Å². The van der Waals surface area contributed by atoms with Crippen LogP contribution >= 0.6 is 12.4 Å². The Balaban J connectivity index is 0.00000361. The molecule has 0 fully saturated rings. The summed E-state index contributed by atoms with van der Waals surface area (Å²) in [5, 5.41) is 12.1. The van der Waals surface area contributed by atoms with Crippen LogP contribution < -0.4 is 11.1 Å². The molecule has 0 aliphatic rings. The Bertz CT molecular complexity index is 420. The standard InChI is InChI=1S/C15H24N2O2.ClH/c1-3-15(4-2,8-9-18)11-17-14(19)12-6-5-7-13(16)10-12;/h5-7,10,18H,3-4,8-9,11,16H2,1-2H3,(H,17,19);1H. The van der Waals surface area contributed by atoms with Crippen molar-refractivity contribution in [2.24, 2.45) is 5.41 Å². The Morgan fingerprint density at radius 3 is 2.50 bits per heavy atom. The minimum atomic E-state index is -0.114. The SMILES string of the molecule is CCC(CC)(CCO)CNC(=O)c1cccc(N)c1.Cl. The van der Waals surface area contributed by atoms with Crippen molar-refractivity contribution >= 4 is 24.0 Å². The zero-order valence-corrected chi connectivity index (χ0v) is 13.0. The third kappa shape index (κ3) is 5.02. The van der Waals surface area contributed by atoms with Gasteiger partial charge in [-0.05, 0) is 42.9 Å². The maximum absolute atomic E-state index is 12.1. The number of amides is 1. The molecule has 0 heterocycles. The highest BCUT2D eigenvalue weighted by atomic mass is 35.5. The molecule has 0 bridgehead atoms. The van der Waals surface area contributed by atoms with Crippen molar-refractivity contribution in [3.05, 3.63) is 29.8 Å². The van der Waals surface area contributed by atoms with Crippen LogP contribution in [-0.4, -0.2) is 24.2 Å². The molecule has 20 heavy (non-hydrogen) atoms. The highest BCUT2D eigenvalue weighted by Crippen LogP contribution is 2.29. The van der Waals surface area contributed by atoms with Crippen LogP contribution in [0.25, 0.3) is 0 Å². The molecule has 1 aromatic rings. The van der Waals surface area contributed by atoms with Gasteiger partial charge in [-0.1, -0.05) is 19.9 Å². The lowest BCUT2D eigenvalue weighted by Crippen LogP contribution is -2.37. The van der Waals surface area contributed by atoms with Gasteiger partial charge in [0.15, 0.2) is 0 Å². The van der Waals surface area contributed by atoms with Gasteiger partial charge in [0, 0.05) is 24.4 Å². The predicted molar refractivity (Wildman–Crippen MR) is 85.2 cm³/mol. The van der Waals surface area contributed by atoms with E-state index in [0.29, 0.717) is 24.2 Å². The number of aliphatic hydroxyl groups excluding tert-OH is 1. The fraction of sp³-hybridized carbons (Fsp3) is 0.533. The first kappa shape index (κ1) is 18.7. The van der Waals surface area contributed by atoms with Crippen LogP contribution in [0, 0.1) is 5.41 Å². The molecular weight excluding hydrogens is 276 g/mol. The molecule has 4 N–H and O–H groups in total. The van der Waals surface area contributed by atoms with Gasteiger partial charge in [0.25, 0.3) is 5.91 Å². The van der Waals surface area contributed by atoms with E-state index >= 15 is 0 Å². The second kappa shape index (κ2) is 8.82. The fourth-order valence-corrected chi connectivity index (χ4v) is 2.23. The molecule has 0 aromatic heterocycles. The van der Waals surface area contributed by atoms with Gasteiger partial charge in [0.1, 0.15) is 0 Å². The zero-order valence-electron chi connectivity index (χ0n) is 12.2. The molecule has 0 saturated heterocycles. The Morgan fingerprint density at radius 1 is 1.35 bits per heavy atom. The Hall–Kier alpha value is -1.26. The van der Waals surface area contributed by atoms with Crippen LogP contribution in [0.3, 0.4) is 0 Å². The second-order valence-corrected chi connectivity index (χ2v) is 4.99. The third-order valence-corrected chi connectivity index (χ3v) is 3.91. The molecule has 0 saturated carbocycles. The van der Waals surface area contributed by atoms with Gasteiger partial charge < -0.3 is 16.2 Å². The van der Waals surface area contributed by atoms with Crippen molar-refractivity contribution in [1.82, 2.24) is 5.32 Å². The summed E-state index contributed by atoms with van der Waals surface area (Å²) in [6.45, 7) is 4.90. The first-order valence-corrected chi connectivity index (χ1v) is 6.81. The number of nitrogen functional groups attached to an aromatic ring is 1. The topological polar surface area (TPSA) is 75.3 Å². The lowest BCUT2D eigenvalue weighted by molar-refractivity contribution is 0.0907. The molecule has 4 nitrogen and oxygen atoms in total. The van der Waals surface area contributed by atoms with E-state index in [0.717, 1.165) is 12.8 Å². The number of benzene rings is 1. The molecule has 1 aromatic carbocycles. The Labute approximate surface area is 127 Å². The van der Waals surface area contributed by atoms with E-state index in [1.165, 1.54) is 0 Å². The minimum Gasteiger partial charge on any atom is -0.399 e. The van der Waals surface area contributed by atoms with Gasteiger partial charge >= 0.3 is 0 Å². The number of nitrogens with one attached hydrogen (secondary N) is 1. The quantitative estimate of drug-likeness (QED) is 0.678. The van der Waals surface area contributed by atoms with Gasteiger partial charge in [0.05, 0.1) is 0 Å². The molecule has 0 aliphatic heterocycles. The highest BCUT2D eigenvalue weighted by Gasteiger charge is 2.26.